The third kappa shape index (κ3) is 2.95. The molecule has 2 rings (SSSR count). The molecule has 0 amide bonds. The smallest absolute Gasteiger partial charge is 0.159 e. The molecule has 4 heteroatoms. The fourth-order valence-corrected chi connectivity index (χ4v) is 2.73. The van der Waals surface area contributed by atoms with Crippen molar-refractivity contribution >= 4 is 0 Å². The highest BCUT2D eigenvalue weighted by atomic mass is 19.2. The molecule has 0 aliphatic carbocycles. The fourth-order valence-electron chi connectivity index (χ4n) is 2.73. The number of rotatable bonds is 3. The first-order valence-corrected chi connectivity index (χ1v) is 6.81. The van der Waals surface area contributed by atoms with Crippen LogP contribution in [0.25, 0.3) is 0 Å². The predicted molar refractivity (Wildman–Crippen MR) is 70.8 cm³/mol. The van der Waals surface area contributed by atoms with E-state index in [1.807, 2.05) is 13.8 Å². The average molecular weight is 269 g/mol. The van der Waals surface area contributed by atoms with Gasteiger partial charge in [-0.3, -0.25) is 4.90 Å². The first-order valence-electron chi connectivity index (χ1n) is 6.81. The molecule has 1 heterocycles. The van der Waals surface area contributed by atoms with Gasteiger partial charge in [-0.2, -0.15) is 0 Å². The lowest BCUT2D eigenvalue weighted by molar-refractivity contribution is -0.0210. The Bertz CT molecular complexity index is 442. The first-order chi connectivity index (χ1) is 8.93. The maximum Gasteiger partial charge on any atom is 0.159 e. The summed E-state index contributed by atoms with van der Waals surface area (Å²) in [5, 5.41) is 10.5. The summed E-state index contributed by atoms with van der Waals surface area (Å²) in [5.41, 5.74) is -0.0560. The molecule has 1 aromatic rings. The van der Waals surface area contributed by atoms with E-state index < -0.39 is 23.3 Å². The molecule has 1 aliphatic rings. The Labute approximate surface area is 113 Å². The molecule has 2 nitrogen and oxygen atoms in total. The maximum atomic E-state index is 13.3. The van der Waals surface area contributed by atoms with Gasteiger partial charge in [0.1, 0.15) is 0 Å². The number of piperidine rings is 1. The summed E-state index contributed by atoms with van der Waals surface area (Å²) in [6, 6.07) is 3.61. The first kappa shape index (κ1) is 14.4. The summed E-state index contributed by atoms with van der Waals surface area (Å²) in [4.78, 5) is 2.22. The minimum atomic E-state index is -0.911. The van der Waals surface area contributed by atoms with Crippen LogP contribution >= 0.6 is 0 Å². The van der Waals surface area contributed by atoms with Gasteiger partial charge in [0.15, 0.2) is 11.6 Å². The van der Waals surface area contributed by atoms with Crippen LogP contribution in [-0.4, -0.2) is 28.6 Å². The van der Waals surface area contributed by atoms with Crippen molar-refractivity contribution in [1.29, 1.82) is 0 Å². The molecule has 0 aromatic heterocycles. The van der Waals surface area contributed by atoms with Crippen molar-refractivity contribution in [3.63, 3.8) is 0 Å². The quantitative estimate of drug-likeness (QED) is 0.910. The number of hydrogen-bond acceptors (Lipinski definition) is 2. The highest BCUT2D eigenvalue weighted by molar-refractivity contribution is 5.23. The van der Waals surface area contributed by atoms with Gasteiger partial charge >= 0.3 is 0 Å². The van der Waals surface area contributed by atoms with Crippen LogP contribution in [0.4, 0.5) is 8.78 Å². The second-order valence-corrected chi connectivity index (χ2v) is 5.78. The lowest BCUT2D eigenvalue weighted by atomic mass is 9.88. The Morgan fingerprint density at radius 2 is 1.74 bits per heavy atom. The van der Waals surface area contributed by atoms with Crippen molar-refractivity contribution in [2.75, 3.05) is 13.1 Å². The summed E-state index contributed by atoms with van der Waals surface area (Å²) in [5.74, 6) is -1.79. The Hall–Kier alpha value is -1.00. The third-order valence-corrected chi connectivity index (χ3v) is 4.10. The second-order valence-electron chi connectivity index (χ2n) is 5.78. The zero-order chi connectivity index (χ0) is 14.0. The number of aliphatic hydroxyl groups excluding tert-OH is 1. The molecule has 1 saturated heterocycles. The maximum absolute atomic E-state index is 13.3. The van der Waals surface area contributed by atoms with Gasteiger partial charge in [-0.1, -0.05) is 12.5 Å². The lowest BCUT2D eigenvalue weighted by Gasteiger charge is -2.44. The number of halogens is 2. The molecule has 1 unspecified atom stereocenters. The molecule has 1 atom stereocenters. The van der Waals surface area contributed by atoms with Gasteiger partial charge in [-0.25, -0.2) is 8.78 Å². The Kier molecular flexibility index (Phi) is 4.21. The minimum Gasteiger partial charge on any atom is -0.386 e. The number of nitrogens with zero attached hydrogens (tertiary/aromatic N) is 1. The summed E-state index contributed by atoms with van der Waals surface area (Å²) >= 11 is 0. The minimum absolute atomic E-state index is 0.425. The van der Waals surface area contributed by atoms with E-state index in [-0.39, 0.29) is 0 Å². The van der Waals surface area contributed by atoms with Crippen LogP contribution in [0.15, 0.2) is 18.2 Å². The van der Waals surface area contributed by atoms with Crippen LogP contribution < -0.4 is 0 Å². The molecular weight excluding hydrogens is 248 g/mol. The van der Waals surface area contributed by atoms with Crippen molar-refractivity contribution in [2.45, 2.75) is 44.8 Å². The Morgan fingerprint density at radius 1 is 1.11 bits per heavy atom. The van der Waals surface area contributed by atoms with Gasteiger partial charge in [-0.15, -0.1) is 0 Å². The van der Waals surface area contributed by atoms with Gasteiger partial charge in [-0.05, 0) is 57.5 Å². The fraction of sp³-hybridized carbons (Fsp3) is 0.600. The monoisotopic (exact) mass is 269 g/mol. The van der Waals surface area contributed by atoms with Crippen molar-refractivity contribution < 1.29 is 13.9 Å². The highest BCUT2D eigenvalue weighted by Crippen LogP contribution is 2.33. The van der Waals surface area contributed by atoms with Gasteiger partial charge in [0, 0.05) is 5.54 Å². The van der Waals surface area contributed by atoms with Crippen LogP contribution in [0, 0.1) is 11.6 Å². The van der Waals surface area contributed by atoms with E-state index in [1.54, 1.807) is 0 Å². The third-order valence-electron chi connectivity index (χ3n) is 4.10. The molecule has 1 fully saturated rings. The van der Waals surface area contributed by atoms with E-state index in [1.165, 1.54) is 12.5 Å². The molecule has 1 N–H and O–H groups in total. The van der Waals surface area contributed by atoms with Gasteiger partial charge in [0.25, 0.3) is 0 Å². The average Bonchev–Trinajstić information content (AvgIpc) is 2.42. The standard InChI is InChI=1S/C15H21F2NO/c1-15(2,18-8-4-3-5-9-18)14(19)11-6-7-12(16)13(17)10-11/h6-7,10,14,19H,3-5,8-9H2,1-2H3. The molecule has 19 heavy (non-hydrogen) atoms. The number of aliphatic hydroxyl groups is 1. The largest absolute Gasteiger partial charge is 0.386 e. The predicted octanol–water partition coefficient (Wildman–Crippen LogP) is 3.26. The molecular formula is C15H21F2NO. The van der Waals surface area contributed by atoms with Gasteiger partial charge in [0.05, 0.1) is 6.10 Å². The SMILES string of the molecule is CC(C)(C(O)c1ccc(F)c(F)c1)N1CCCCC1. The molecule has 0 bridgehead atoms. The van der Waals surface area contributed by atoms with Crippen LogP contribution in [0.1, 0.15) is 44.8 Å². The van der Waals surface area contributed by atoms with Crippen molar-refractivity contribution in [3.8, 4) is 0 Å². The van der Waals surface area contributed by atoms with E-state index in [2.05, 4.69) is 4.90 Å². The van der Waals surface area contributed by atoms with Gasteiger partial charge in [0.2, 0.25) is 0 Å². The summed E-state index contributed by atoms with van der Waals surface area (Å²) in [6.45, 7) is 5.77. The van der Waals surface area contributed by atoms with Gasteiger partial charge < -0.3 is 5.11 Å². The molecule has 0 radical (unpaired) electrons. The summed E-state index contributed by atoms with van der Waals surface area (Å²) < 4.78 is 26.2. The second kappa shape index (κ2) is 5.55. The van der Waals surface area contributed by atoms with E-state index in [0.29, 0.717) is 5.56 Å². The molecule has 106 valence electrons. The molecule has 1 aromatic carbocycles. The lowest BCUT2D eigenvalue weighted by Crippen LogP contribution is -2.50. The highest BCUT2D eigenvalue weighted by Gasteiger charge is 2.36. The summed E-state index contributed by atoms with van der Waals surface area (Å²) in [6.07, 6.45) is 2.62. The Morgan fingerprint density at radius 3 is 2.32 bits per heavy atom. The van der Waals surface area contributed by atoms with Crippen molar-refractivity contribution in [2.24, 2.45) is 0 Å². The zero-order valence-corrected chi connectivity index (χ0v) is 11.5. The Balaban J connectivity index is 2.20. The van der Waals surface area contributed by atoms with E-state index in [0.717, 1.165) is 38.1 Å². The normalized spacial score (nSPS) is 19.4. The number of hydrogen-bond donors (Lipinski definition) is 1. The van der Waals surface area contributed by atoms with Crippen LogP contribution in [0.3, 0.4) is 0 Å². The molecule has 0 saturated carbocycles. The van der Waals surface area contributed by atoms with Crippen LogP contribution in [0.2, 0.25) is 0 Å². The van der Waals surface area contributed by atoms with Crippen LogP contribution in [-0.2, 0) is 0 Å². The van der Waals surface area contributed by atoms with E-state index in [9.17, 15) is 13.9 Å². The van der Waals surface area contributed by atoms with Crippen molar-refractivity contribution in [1.82, 2.24) is 4.90 Å². The molecule has 1 aliphatic heterocycles. The van der Waals surface area contributed by atoms with Crippen molar-refractivity contribution in [3.05, 3.63) is 35.4 Å². The van der Waals surface area contributed by atoms with Crippen LogP contribution in [0.5, 0.6) is 0 Å². The number of likely N-dealkylation sites (tertiary alicyclic amines) is 1. The molecule has 0 spiro atoms. The summed E-state index contributed by atoms with van der Waals surface area (Å²) in [7, 11) is 0. The zero-order valence-electron chi connectivity index (χ0n) is 11.5. The van der Waals surface area contributed by atoms with E-state index in [4.69, 9.17) is 0 Å². The van der Waals surface area contributed by atoms with E-state index >= 15 is 0 Å². The topological polar surface area (TPSA) is 23.5 Å². The number of benzene rings is 1.